The van der Waals surface area contributed by atoms with Crippen molar-refractivity contribution in [1.29, 1.82) is 0 Å². The van der Waals surface area contributed by atoms with Crippen molar-refractivity contribution in [3.63, 3.8) is 0 Å². The van der Waals surface area contributed by atoms with Crippen LogP contribution in [0.5, 0.6) is 0 Å². The van der Waals surface area contributed by atoms with E-state index in [0.717, 1.165) is 28.0 Å². The first-order valence-corrected chi connectivity index (χ1v) is 9.27. The van der Waals surface area contributed by atoms with E-state index in [0.29, 0.717) is 5.16 Å². The number of hydrogen-bond acceptors (Lipinski definition) is 5. The summed E-state index contributed by atoms with van der Waals surface area (Å²) < 4.78 is 0. The zero-order valence-corrected chi connectivity index (χ0v) is 15.8. The molecule has 0 aliphatic rings. The van der Waals surface area contributed by atoms with Crippen LogP contribution in [0.15, 0.2) is 58.8 Å². The number of carbonyl (C=O) groups excluding carboxylic acids is 1. The van der Waals surface area contributed by atoms with E-state index in [1.54, 1.807) is 0 Å². The smallest absolute Gasteiger partial charge is 0.250 e. The number of hydrogen-bond donors (Lipinski definition) is 1. The van der Waals surface area contributed by atoms with Crippen molar-refractivity contribution >= 4 is 34.2 Å². The molecule has 1 aromatic heterocycles. The molecule has 0 atom stereocenters. The second-order valence-corrected chi connectivity index (χ2v) is 6.96. The predicted octanol–water partition coefficient (Wildman–Crippen LogP) is 3.88. The van der Waals surface area contributed by atoms with Crippen molar-refractivity contribution in [3.8, 4) is 0 Å². The van der Waals surface area contributed by atoms with E-state index >= 15 is 0 Å². The van der Waals surface area contributed by atoms with E-state index in [1.807, 2.05) is 45.0 Å². The Morgan fingerprint density at radius 2 is 1.73 bits per heavy atom. The lowest BCUT2D eigenvalue weighted by molar-refractivity contribution is -0.118. The first kappa shape index (κ1) is 18.1. The fourth-order valence-corrected chi connectivity index (χ4v) is 3.29. The van der Waals surface area contributed by atoms with Crippen LogP contribution in [0, 0.1) is 13.8 Å². The summed E-state index contributed by atoms with van der Waals surface area (Å²) in [6.07, 6.45) is 0. The number of hydrazone groups is 1. The Morgan fingerprint density at radius 3 is 2.46 bits per heavy atom. The maximum Gasteiger partial charge on any atom is 0.250 e. The fraction of sp³-hybridized carbons (Fsp3) is 0.200. The third-order valence-electron chi connectivity index (χ3n) is 3.81. The molecule has 0 spiro atoms. The van der Waals surface area contributed by atoms with Crippen LogP contribution in [-0.4, -0.2) is 27.3 Å². The Balaban J connectivity index is 1.61. The molecule has 0 saturated heterocycles. The fourth-order valence-electron chi connectivity index (χ4n) is 2.55. The largest absolute Gasteiger partial charge is 0.272 e. The molecule has 0 radical (unpaired) electrons. The van der Waals surface area contributed by atoms with Gasteiger partial charge in [0.05, 0.1) is 11.5 Å². The van der Waals surface area contributed by atoms with Crippen molar-refractivity contribution in [2.24, 2.45) is 5.10 Å². The predicted molar refractivity (Wildman–Crippen MR) is 107 cm³/mol. The normalized spacial score (nSPS) is 11.6. The minimum Gasteiger partial charge on any atom is -0.272 e. The van der Waals surface area contributed by atoms with Gasteiger partial charge >= 0.3 is 0 Å². The van der Waals surface area contributed by atoms with Crippen LogP contribution in [0.1, 0.15) is 23.9 Å². The molecule has 1 heterocycles. The van der Waals surface area contributed by atoms with Gasteiger partial charge in [-0.15, -0.1) is 0 Å². The highest BCUT2D eigenvalue weighted by atomic mass is 32.2. The molecule has 3 rings (SSSR count). The molecule has 0 unspecified atom stereocenters. The van der Waals surface area contributed by atoms with Crippen LogP contribution >= 0.6 is 11.8 Å². The van der Waals surface area contributed by atoms with Gasteiger partial charge in [0, 0.05) is 11.4 Å². The SMILES string of the molecule is C/C(=N/NC(=O)CSc1nc(C)cc(C)n1)c1ccc2ccccc2c1. The summed E-state index contributed by atoms with van der Waals surface area (Å²) in [5.74, 6) is 0.0371. The van der Waals surface area contributed by atoms with Crippen molar-refractivity contribution in [2.45, 2.75) is 25.9 Å². The van der Waals surface area contributed by atoms with Gasteiger partial charge < -0.3 is 0 Å². The van der Waals surface area contributed by atoms with E-state index in [4.69, 9.17) is 0 Å². The average molecular weight is 364 g/mol. The van der Waals surface area contributed by atoms with Gasteiger partial charge in [0.15, 0.2) is 5.16 Å². The van der Waals surface area contributed by atoms with Gasteiger partial charge in [0.1, 0.15) is 0 Å². The Hall–Kier alpha value is -2.73. The molecule has 132 valence electrons. The number of aryl methyl sites for hydroxylation is 2. The monoisotopic (exact) mass is 364 g/mol. The van der Waals surface area contributed by atoms with E-state index in [-0.39, 0.29) is 11.7 Å². The molecule has 5 nitrogen and oxygen atoms in total. The van der Waals surface area contributed by atoms with E-state index in [2.05, 4.69) is 44.8 Å². The maximum absolute atomic E-state index is 12.0. The zero-order valence-electron chi connectivity index (χ0n) is 15.0. The number of nitrogens with zero attached hydrogens (tertiary/aromatic N) is 3. The van der Waals surface area contributed by atoms with Crippen LogP contribution < -0.4 is 5.43 Å². The molecule has 1 amide bonds. The van der Waals surface area contributed by atoms with Gasteiger partial charge in [-0.05, 0) is 49.2 Å². The van der Waals surface area contributed by atoms with E-state index in [9.17, 15) is 4.79 Å². The Morgan fingerprint density at radius 1 is 1.04 bits per heavy atom. The van der Waals surface area contributed by atoms with Crippen molar-refractivity contribution in [2.75, 3.05) is 5.75 Å². The van der Waals surface area contributed by atoms with Gasteiger partial charge in [-0.3, -0.25) is 4.79 Å². The number of nitrogens with one attached hydrogen (secondary N) is 1. The zero-order chi connectivity index (χ0) is 18.5. The molecule has 0 bridgehead atoms. The lowest BCUT2D eigenvalue weighted by atomic mass is 10.0. The van der Waals surface area contributed by atoms with E-state index in [1.165, 1.54) is 17.1 Å². The minimum atomic E-state index is -0.183. The Kier molecular flexibility index (Phi) is 5.63. The van der Waals surface area contributed by atoms with Crippen LogP contribution in [-0.2, 0) is 4.79 Å². The number of amides is 1. The average Bonchev–Trinajstić information content (AvgIpc) is 2.63. The molecule has 26 heavy (non-hydrogen) atoms. The Labute approximate surface area is 156 Å². The third-order valence-corrected chi connectivity index (χ3v) is 4.66. The van der Waals surface area contributed by atoms with Crippen molar-refractivity contribution in [1.82, 2.24) is 15.4 Å². The van der Waals surface area contributed by atoms with Gasteiger partial charge in [-0.1, -0.05) is 48.2 Å². The molecule has 0 aliphatic heterocycles. The summed E-state index contributed by atoms with van der Waals surface area (Å²) in [6.45, 7) is 5.70. The lowest BCUT2D eigenvalue weighted by Crippen LogP contribution is -2.21. The molecule has 1 N–H and O–H groups in total. The standard InChI is InChI=1S/C20H20N4OS/c1-13-10-14(2)22-20(21-13)26-12-19(25)24-23-15(3)17-9-8-16-6-4-5-7-18(16)11-17/h4-11H,12H2,1-3H3,(H,24,25)/b23-15-. The summed E-state index contributed by atoms with van der Waals surface area (Å²) in [6, 6.07) is 16.2. The van der Waals surface area contributed by atoms with Gasteiger partial charge in [-0.2, -0.15) is 5.10 Å². The molecule has 0 saturated carbocycles. The molecule has 2 aromatic carbocycles. The molecular formula is C20H20N4OS. The maximum atomic E-state index is 12.0. The summed E-state index contributed by atoms with van der Waals surface area (Å²) in [5.41, 5.74) is 6.13. The number of thioether (sulfide) groups is 1. The highest BCUT2D eigenvalue weighted by Crippen LogP contribution is 2.16. The van der Waals surface area contributed by atoms with Crippen LogP contribution in [0.2, 0.25) is 0 Å². The molecule has 3 aromatic rings. The lowest BCUT2D eigenvalue weighted by Gasteiger charge is -2.05. The molecule has 6 heteroatoms. The first-order chi connectivity index (χ1) is 12.5. The highest BCUT2D eigenvalue weighted by Gasteiger charge is 2.06. The first-order valence-electron chi connectivity index (χ1n) is 8.28. The van der Waals surface area contributed by atoms with Gasteiger partial charge in [-0.25, -0.2) is 15.4 Å². The highest BCUT2D eigenvalue weighted by molar-refractivity contribution is 7.99. The summed E-state index contributed by atoms with van der Waals surface area (Å²) in [4.78, 5) is 20.7. The van der Waals surface area contributed by atoms with E-state index < -0.39 is 0 Å². The molecule has 0 fully saturated rings. The number of fused-ring (bicyclic) bond motifs is 1. The summed E-state index contributed by atoms with van der Waals surface area (Å²) in [7, 11) is 0. The van der Waals surface area contributed by atoms with Gasteiger partial charge in [0.2, 0.25) is 0 Å². The summed E-state index contributed by atoms with van der Waals surface area (Å²) in [5, 5.41) is 7.14. The minimum absolute atomic E-state index is 0.183. The van der Waals surface area contributed by atoms with Crippen LogP contribution in [0.3, 0.4) is 0 Å². The van der Waals surface area contributed by atoms with Crippen molar-refractivity contribution in [3.05, 3.63) is 65.5 Å². The number of benzene rings is 2. The van der Waals surface area contributed by atoms with Crippen LogP contribution in [0.4, 0.5) is 0 Å². The molecular weight excluding hydrogens is 344 g/mol. The number of aromatic nitrogens is 2. The van der Waals surface area contributed by atoms with Gasteiger partial charge in [0.25, 0.3) is 5.91 Å². The third kappa shape index (κ3) is 4.67. The quantitative estimate of drug-likeness (QED) is 0.323. The number of rotatable bonds is 5. The number of carbonyl (C=O) groups is 1. The second kappa shape index (κ2) is 8.10. The Bertz CT molecular complexity index is 964. The molecule has 0 aliphatic carbocycles. The van der Waals surface area contributed by atoms with Crippen LogP contribution in [0.25, 0.3) is 10.8 Å². The summed E-state index contributed by atoms with van der Waals surface area (Å²) >= 11 is 1.30. The second-order valence-electron chi connectivity index (χ2n) is 6.02. The topological polar surface area (TPSA) is 67.2 Å². The van der Waals surface area contributed by atoms with Crippen molar-refractivity contribution < 1.29 is 4.79 Å².